The predicted octanol–water partition coefficient (Wildman–Crippen LogP) is 3.12. The maximum atomic E-state index is 14.1. The van der Waals surface area contributed by atoms with E-state index < -0.39 is 0 Å². The van der Waals surface area contributed by atoms with E-state index in [4.69, 9.17) is 10.5 Å². The van der Waals surface area contributed by atoms with Crippen LogP contribution < -0.4 is 10.5 Å². The minimum atomic E-state index is -0.292. The number of nitrogens with two attached hydrogens (primary N) is 1. The first kappa shape index (κ1) is 13.6. The zero-order chi connectivity index (χ0) is 13.7. The fourth-order valence-electron chi connectivity index (χ4n) is 2.20. The highest BCUT2D eigenvalue weighted by Crippen LogP contribution is 2.25. The molecule has 0 aliphatic carbocycles. The monoisotopic (exact) mass is 259 g/mol. The molecule has 0 amide bonds. The van der Waals surface area contributed by atoms with Crippen LogP contribution in [0.5, 0.6) is 5.75 Å². The molecule has 0 saturated heterocycles. The van der Waals surface area contributed by atoms with Crippen molar-refractivity contribution in [3.8, 4) is 5.75 Å². The van der Waals surface area contributed by atoms with Gasteiger partial charge in [0.15, 0.2) is 11.6 Å². The molecule has 1 unspecified atom stereocenters. The SMILES string of the molecule is COc1cccc(CC(CN)c2ccccc2)c1F. The van der Waals surface area contributed by atoms with Crippen molar-refractivity contribution in [2.75, 3.05) is 13.7 Å². The summed E-state index contributed by atoms with van der Waals surface area (Å²) in [4.78, 5) is 0. The summed E-state index contributed by atoms with van der Waals surface area (Å²) in [6.45, 7) is 0.487. The molecule has 2 N–H and O–H groups in total. The van der Waals surface area contributed by atoms with Crippen molar-refractivity contribution >= 4 is 0 Å². The molecule has 0 aromatic heterocycles. The van der Waals surface area contributed by atoms with E-state index in [1.54, 1.807) is 18.2 Å². The fraction of sp³-hybridized carbons (Fsp3) is 0.250. The van der Waals surface area contributed by atoms with Crippen molar-refractivity contribution < 1.29 is 9.13 Å². The van der Waals surface area contributed by atoms with Gasteiger partial charge in [-0.25, -0.2) is 4.39 Å². The van der Waals surface area contributed by atoms with Crippen molar-refractivity contribution in [3.05, 3.63) is 65.5 Å². The van der Waals surface area contributed by atoms with Crippen LogP contribution in [0.3, 0.4) is 0 Å². The van der Waals surface area contributed by atoms with Crippen LogP contribution >= 0.6 is 0 Å². The quantitative estimate of drug-likeness (QED) is 0.895. The molecule has 3 heteroatoms. The molecule has 2 aromatic rings. The van der Waals surface area contributed by atoms with Crippen molar-refractivity contribution in [1.29, 1.82) is 0 Å². The number of rotatable bonds is 5. The lowest BCUT2D eigenvalue weighted by molar-refractivity contribution is 0.383. The van der Waals surface area contributed by atoms with Crippen LogP contribution in [0.4, 0.5) is 4.39 Å². The second kappa shape index (κ2) is 6.34. The Morgan fingerprint density at radius 2 is 1.84 bits per heavy atom. The van der Waals surface area contributed by atoms with Crippen LogP contribution in [0.15, 0.2) is 48.5 Å². The molecule has 0 spiro atoms. The van der Waals surface area contributed by atoms with Gasteiger partial charge in [0.1, 0.15) is 0 Å². The zero-order valence-electron chi connectivity index (χ0n) is 11.0. The number of ether oxygens (including phenoxy) is 1. The van der Waals surface area contributed by atoms with Gasteiger partial charge in [0.05, 0.1) is 7.11 Å². The molecule has 0 heterocycles. The Bertz CT molecular complexity index is 528. The van der Waals surface area contributed by atoms with Gasteiger partial charge in [-0.15, -0.1) is 0 Å². The van der Waals surface area contributed by atoms with Crippen LogP contribution in [-0.2, 0) is 6.42 Å². The normalized spacial score (nSPS) is 12.2. The summed E-state index contributed by atoms with van der Waals surface area (Å²) in [7, 11) is 1.47. The van der Waals surface area contributed by atoms with Crippen molar-refractivity contribution in [1.82, 2.24) is 0 Å². The molecule has 100 valence electrons. The number of benzene rings is 2. The Balaban J connectivity index is 2.24. The van der Waals surface area contributed by atoms with E-state index in [1.165, 1.54) is 7.11 Å². The first-order chi connectivity index (χ1) is 9.26. The van der Waals surface area contributed by atoms with Crippen molar-refractivity contribution in [3.63, 3.8) is 0 Å². The minimum absolute atomic E-state index is 0.114. The topological polar surface area (TPSA) is 35.2 Å². The van der Waals surface area contributed by atoms with Gasteiger partial charge in [0.25, 0.3) is 0 Å². The molecule has 0 aliphatic rings. The van der Waals surface area contributed by atoms with Gasteiger partial charge in [0, 0.05) is 5.92 Å². The Hall–Kier alpha value is -1.87. The second-order valence-electron chi connectivity index (χ2n) is 4.48. The maximum absolute atomic E-state index is 14.1. The van der Waals surface area contributed by atoms with E-state index in [0.717, 1.165) is 5.56 Å². The van der Waals surface area contributed by atoms with Gasteiger partial charge in [-0.1, -0.05) is 42.5 Å². The van der Waals surface area contributed by atoms with E-state index in [1.807, 2.05) is 30.3 Å². The summed E-state index contributed by atoms with van der Waals surface area (Å²) < 4.78 is 19.1. The number of halogens is 1. The smallest absolute Gasteiger partial charge is 0.168 e. The molecule has 0 saturated carbocycles. The fourth-order valence-corrected chi connectivity index (χ4v) is 2.20. The minimum Gasteiger partial charge on any atom is -0.494 e. The van der Waals surface area contributed by atoms with Gasteiger partial charge >= 0.3 is 0 Å². The average molecular weight is 259 g/mol. The van der Waals surface area contributed by atoms with Crippen LogP contribution in [0.25, 0.3) is 0 Å². The van der Waals surface area contributed by atoms with Gasteiger partial charge < -0.3 is 10.5 Å². The summed E-state index contributed by atoms with van der Waals surface area (Å²) in [5, 5.41) is 0. The predicted molar refractivity (Wildman–Crippen MR) is 74.9 cm³/mol. The van der Waals surface area contributed by atoms with Gasteiger partial charge in [-0.2, -0.15) is 0 Å². The first-order valence-corrected chi connectivity index (χ1v) is 6.32. The summed E-state index contributed by atoms with van der Waals surface area (Å²) in [5.74, 6) is 0.100. The molecular formula is C16H18FNO. The number of hydrogen-bond donors (Lipinski definition) is 1. The Morgan fingerprint density at radius 1 is 1.11 bits per heavy atom. The Labute approximate surface area is 113 Å². The first-order valence-electron chi connectivity index (χ1n) is 6.32. The highest BCUT2D eigenvalue weighted by molar-refractivity contribution is 5.33. The Kier molecular flexibility index (Phi) is 4.53. The molecule has 2 nitrogen and oxygen atoms in total. The molecular weight excluding hydrogens is 241 g/mol. The van der Waals surface area contributed by atoms with Crippen molar-refractivity contribution in [2.24, 2.45) is 5.73 Å². The highest BCUT2D eigenvalue weighted by atomic mass is 19.1. The van der Waals surface area contributed by atoms with E-state index in [9.17, 15) is 4.39 Å². The third-order valence-corrected chi connectivity index (χ3v) is 3.28. The molecule has 0 radical (unpaired) electrons. The highest BCUT2D eigenvalue weighted by Gasteiger charge is 2.15. The molecule has 0 fully saturated rings. The lowest BCUT2D eigenvalue weighted by Crippen LogP contribution is -2.15. The summed E-state index contributed by atoms with van der Waals surface area (Å²) in [6.07, 6.45) is 0.573. The Morgan fingerprint density at radius 3 is 2.47 bits per heavy atom. The second-order valence-corrected chi connectivity index (χ2v) is 4.48. The van der Waals surface area contributed by atoms with Gasteiger partial charge in [0.2, 0.25) is 0 Å². The van der Waals surface area contributed by atoms with Crippen LogP contribution in [0, 0.1) is 5.82 Å². The average Bonchev–Trinajstić information content (AvgIpc) is 2.47. The molecule has 0 aliphatic heterocycles. The number of methoxy groups -OCH3 is 1. The van der Waals surface area contributed by atoms with E-state index in [2.05, 4.69) is 0 Å². The van der Waals surface area contributed by atoms with Crippen LogP contribution in [-0.4, -0.2) is 13.7 Å². The summed E-state index contributed by atoms with van der Waals surface area (Å²) in [5.41, 5.74) is 7.59. The zero-order valence-corrected chi connectivity index (χ0v) is 11.0. The molecule has 19 heavy (non-hydrogen) atoms. The maximum Gasteiger partial charge on any atom is 0.168 e. The van der Waals surface area contributed by atoms with Gasteiger partial charge in [-0.3, -0.25) is 0 Å². The lowest BCUT2D eigenvalue weighted by Gasteiger charge is -2.16. The number of hydrogen-bond acceptors (Lipinski definition) is 2. The van der Waals surface area contributed by atoms with E-state index >= 15 is 0 Å². The van der Waals surface area contributed by atoms with Crippen LogP contribution in [0.1, 0.15) is 17.0 Å². The standard InChI is InChI=1S/C16H18FNO/c1-19-15-9-5-8-13(16(15)17)10-14(11-18)12-6-3-2-4-7-12/h2-9,14H,10-11,18H2,1H3. The summed E-state index contributed by atoms with van der Waals surface area (Å²) in [6, 6.07) is 15.2. The molecule has 0 bridgehead atoms. The van der Waals surface area contributed by atoms with Gasteiger partial charge in [-0.05, 0) is 30.2 Å². The third-order valence-electron chi connectivity index (χ3n) is 3.28. The summed E-state index contributed by atoms with van der Waals surface area (Å²) >= 11 is 0. The molecule has 2 rings (SSSR count). The molecule has 2 aromatic carbocycles. The third kappa shape index (κ3) is 3.12. The van der Waals surface area contributed by atoms with E-state index in [0.29, 0.717) is 18.5 Å². The van der Waals surface area contributed by atoms with E-state index in [-0.39, 0.29) is 17.5 Å². The van der Waals surface area contributed by atoms with Crippen LogP contribution in [0.2, 0.25) is 0 Å². The largest absolute Gasteiger partial charge is 0.494 e. The lowest BCUT2D eigenvalue weighted by atomic mass is 9.92. The molecule has 1 atom stereocenters. The van der Waals surface area contributed by atoms with Crippen molar-refractivity contribution in [2.45, 2.75) is 12.3 Å².